The van der Waals surface area contributed by atoms with Gasteiger partial charge in [-0.05, 0) is 297 Å². The Morgan fingerprint density at radius 2 is 0.717 bits per heavy atom. The first-order valence-corrected chi connectivity index (χ1v) is 46.5. The molecule has 0 radical (unpaired) electrons. The molecule has 26 heteroatoms. The maximum atomic E-state index is 13.6. The van der Waals surface area contributed by atoms with E-state index in [1.807, 2.05) is 73.7 Å². The van der Waals surface area contributed by atoms with Crippen molar-refractivity contribution in [3.8, 4) is 0 Å². The van der Waals surface area contributed by atoms with Crippen LogP contribution in [-0.2, 0) is 71.1 Å². The van der Waals surface area contributed by atoms with Crippen molar-refractivity contribution in [3.63, 3.8) is 0 Å². The molecule has 0 bridgehead atoms. The SMILES string of the molecule is Cc1ccc(Sc2nnc(CC3=CCc4cc(F)ccc43)n2CCCC2=CCC=N2)cc1.Cc1ccc(Sc2nnc(CC3=CCc4cc(F)ccc43)n2CCCC2=CCC=N2)cc1.Cc1cccc(Sc2nnc(CC3=CCc4cc(F)ccc43)n2CCCC2=CCC=N2)c1.Fc1ccc2c(Cc3nnc(Sc4cccnc4)n3CCCC3=CCC=N3)c[nH]c2c1. The molecule has 0 fully saturated rings. The van der Waals surface area contributed by atoms with Crippen molar-refractivity contribution in [1.82, 2.24) is 69.0 Å². The summed E-state index contributed by atoms with van der Waals surface area (Å²) in [4.78, 5) is 29.6. The van der Waals surface area contributed by atoms with Crippen molar-refractivity contribution in [1.29, 1.82) is 0 Å². The summed E-state index contributed by atoms with van der Waals surface area (Å²) in [6.07, 6.45) is 45.1. The first kappa shape index (κ1) is 86.9. The summed E-state index contributed by atoms with van der Waals surface area (Å²) in [6, 6.07) is 49.4. The van der Waals surface area contributed by atoms with Crippen LogP contribution in [0.4, 0.5) is 17.6 Å². The minimum atomic E-state index is -0.247. The van der Waals surface area contributed by atoms with E-state index in [9.17, 15) is 17.6 Å². The van der Waals surface area contributed by atoms with Crippen LogP contribution in [0.3, 0.4) is 0 Å². The highest BCUT2D eigenvalue weighted by atomic mass is 32.2. The zero-order valence-corrected chi connectivity index (χ0v) is 74.4. The van der Waals surface area contributed by atoms with Gasteiger partial charge in [0.15, 0.2) is 20.6 Å². The number of H-pyrrole nitrogens is 1. The molecule has 18 nitrogen and oxygen atoms in total. The van der Waals surface area contributed by atoms with E-state index < -0.39 is 0 Å². The molecule has 0 atom stereocenters. The summed E-state index contributed by atoms with van der Waals surface area (Å²) >= 11 is 6.51. The minimum absolute atomic E-state index is 0.178. The summed E-state index contributed by atoms with van der Waals surface area (Å²) in [7, 11) is 0. The van der Waals surface area contributed by atoms with E-state index in [-0.39, 0.29) is 23.3 Å². The molecule has 1 N–H and O–H groups in total. The second-order valence-corrected chi connectivity index (χ2v) is 36.2. The molecule has 6 aromatic heterocycles. The van der Waals surface area contributed by atoms with E-state index in [1.54, 1.807) is 71.4 Å². The third-order valence-electron chi connectivity index (χ3n) is 22.9. The predicted octanol–water partition coefficient (Wildman–Crippen LogP) is 23.8. The Balaban J connectivity index is 0.000000119. The van der Waals surface area contributed by atoms with Gasteiger partial charge in [0.2, 0.25) is 0 Å². The highest BCUT2D eigenvalue weighted by molar-refractivity contribution is 8.00. The van der Waals surface area contributed by atoms with Gasteiger partial charge in [-0.1, -0.05) is 114 Å². The van der Waals surface area contributed by atoms with Gasteiger partial charge in [-0.3, -0.25) is 25.0 Å². The van der Waals surface area contributed by atoms with E-state index in [2.05, 4.69) is 225 Å². The Bertz CT molecular complexity index is 6300. The first-order valence-electron chi connectivity index (χ1n) is 43.3. The molecule has 3 aliphatic carbocycles. The van der Waals surface area contributed by atoms with Crippen LogP contribution in [0, 0.1) is 44.0 Å². The van der Waals surface area contributed by atoms with Gasteiger partial charge in [-0.15, -0.1) is 40.8 Å². The molecule has 0 spiro atoms. The standard InChI is InChI=1S/3C26H25FN4S.C23H21FN6S/c1-18-5-2-8-23(15-18)32-26-30-29-25(31(26)14-4-7-22-6-3-13-28-22)17-20-10-9-19-16-21(27)11-12-24(19)20;2*1-18-6-11-23(12-7-18)32-26-30-29-25(31(26)15-3-5-22-4-2-14-28-22)17-20-9-8-19-16-21(27)10-13-24(19)20;24-17-7-8-20-16(14-27-21(20)13-17)12-22-28-29-23(31-19-6-2-9-25-15-19)30(22)11-3-5-18-4-1-10-26-18/h2,5-6,8,10-13,15-16H,3-4,7,9,14,17H2,1H3;2*4,6-7,9-14,16H,2-3,5,8,15,17H2,1H3;2,4,6-10,13-15,27H,1,3,5,11-12H2. The fourth-order valence-corrected chi connectivity index (χ4v) is 19.9. The van der Waals surface area contributed by atoms with Gasteiger partial charge < -0.3 is 23.3 Å². The molecular formula is C101H96F4N18S4. The summed E-state index contributed by atoms with van der Waals surface area (Å²) < 4.78 is 63.3. The van der Waals surface area contributed by atoms with Gasteiger partial charge >= 0.3 is 0 Å². The number of nitrogens with one attached hydrogen (secondary N) is 1. The Kier molecular flexibility index (Phi) is 28.7. The number of benzene rings is 7. The van der Waals surface area contributed by atoms with Gasteiger partial charge in [0.25, 0.3) is 0 Å². The second-order valence-electron chi connectivity index (χ2n) is 32.0. The third-order valence-corrected chi connectivity index (χ3v) is 26.8. The smallest absolute Gasteiger partial charge is 0.196 e. The average molecular weight is 1770 g/mol. The maximum absolute atomic E-state index is 13.6. The lowest BCUT2D eigenvalue weighted by Crippen LogP contribution is -2.07. The van der Waals surface area contributed by atoms with Crippen LogP contribution in [0.25, 0.3) is 27.6 Å². The largest absolute Gasteiger partial charge is 0.361 e. The maximum Gasteiger partial charge on any atom is 0.196 e. The lowest BCUT2D eigenvalue weighted by Gasteiger charge is -2.12. The number of rotatable bonds is 32. The Hall–Kier alpha value is -12.2. The van der Waals surface area contributed by atoms with Crippen molar-refractivity contribution in [2.45, 2.75) is 209 Å². The number of hydrogen-bond donors (Lipinski definition) is 1. The van der Waals surface area contributed by atoms with Crippen molar-refractivity contribution in [2.75, 3.05) is 0 Å². The molecule has 10 heterocycles. The van der Waals surface area contributed by atoms with Crippen LogP contribution < -0.4 is 0 Å². The Labute approximate surface area is 753 Å². The number of nitrogens with zero attached hydrogens (tertiary/aromatic N) is 17. The number of pyridine rings is 1. The molecule has 7 aromatic carbocycles. The van der Waals surface area contributed by atoms with E-state index in [0.29, 0.717) is 25.7 Å². The fraction of sp³-hybridized carbons (Fsp3) is 0.257. The van der Waals surface area contributed by atoms with Crippen LogP contribution in [-0.4, -0.2) is 93.9 Å². The fourth-order valence-electron chi connectivity index (χ4n) is 16.4. The quantitative estimate of drug-likeness (QED) is 0.0391. The number of aliphatic imine (C=N–C) groups is 4. The molecule has 4 aliphatic heterocycles. The summed E-state index contributed by atoms with van der Waals surface area (Å²) in [5.74, 6) is 2.96. The van der Waals surface area contributed by atoms with Gasteiger partial charge in [-0.25, -0.2) is 17.6 Å². The lowest BCUT2D eigenvalue weighted by molar-refractivity contribution is 0.573. The molecular weight excluding hydrogens is 1670 g/mol. The monoisotopic (exact) mass is 1760 g/mol. The molecule has 20 rings (SSSR count). The number of allylic oxidation sites excluding steroid dienone is 14. The van der Waals surface area contributed by atoms with Crippen molar-refractivity contribution in [3.05, 3.63) is 344 Å². The highest BCUT2D eigenvalue weighted by Crippen LogP contribution is 2.39. The molecule has 7 aliphatic rings. The van der Waals surface area contributed by atoms with Crippen molar-refractivity contribution >= 4 is 99.5 Å². The molecule has 13 aromatic rings. The zero-order chi connectivity index (χ0) is 86.8. The van der Waals surface area contributed by atoms with Gasteiger partial charge in [-0.2, -0.15) is 0 Å². The van der Waals surface area contributed by atoms with Crippen LogP contribution in [0.15, 0.2) is 302 Å². The van der Waals surface area contributed by atoms with E-state index in [1.165, 1.54) is 80.8 Å². The van der Waals surface area contributed by atoms with Crippen LogP contribution >= 0.6 is 47.0 Å². The highest BCUT2D eigenvalue weighted by Gasteiger charge is 2.26. The number of aromatic nitrogens is 14. The third kappa shape index (κ3) is 22.8. The summed E-state index contributed by atoms with van der Waals surface area (Å²) in [6.45, 7) is 9.60. The zero-order valence-electron chi connectivity index (χ0n) is 71.1. The van der Waals surface area contributed by atoms with E-state index in [4.69, 9.17) is 0 Å². The number of fused-ring (bicyclic) bond motifs is 4. The van der Waals surface area contributed by atoms with Crippen molar-refractivity contribution < 1.29 is 17.6 Å². The van der Waals surface area contributed by atoms with E-state index >= 15 is 0 Å². The second kappa shape index (κ2) is 41.9. The normalized spacial score (nSPS) is 14.2. The number of halogens is 4. The first-order chi connectivity index (χ1) is 62.2. The molecule has 0 saturated carbocycles. The Morgan fingerprint density at radius 1 is 0.346 bits per heavy atom. The molecule has 642 valence electrons. The van der Waals surface area contributed by atoms with Crippen LogP contribution in [0.2, 0.25) is 0 Å². The van der Waals surface area contributed by atoms with Gasteiger partial charge in [0, 0.05) is 174 Å². The predicted molar refractivity (Wildman–Crippen MR) is 502 cm³/mol. The molecule has 0 saturated heterocycles. The van der Waals surface area contributed by atoms with Crippen molar-refractivity contribution in [2.24, 2.45) is 20.0 Å². The summed E-state index contributed by atoms with van der Waals surface area (Å²) in [5.41, 5.74) is 20.3. The number of aryl methyl sites for hydroxylation is 3. The Morgan fingerprint density at radius 3 is 1.09 bits per heavy atom. The topological polar surface area (TPSA) is 201 Å². The molecule has 0 amide bonds. The molecule has 0 unspecified atom stereocenters. The van der Waals surface area contributed by atoms with Crippen LogP contribution in [0.5, 0.6) is 0 Å². The van der Waals surface area contributed by atoms with Crippen LogP contribution in [0.1, 0.15) is 156 Å². The van der Waals surface area contributed by atoms with Gasteiger partial charge in [0.1, 0.15) is 46.6 Å². The number of aromatic amines is 1. The average Bonchev–Trinajstić information content (AvgIpc) is 1.67. The van der Waals surface area contributed by atoms with E-state index in [0.717, 1.165) is 242 Å². The number of hydrogen-bond acceptors (Lipinski definition) is 17. The molecule has 127 heavy (non-hydrogen) atoms. The van der Waals surface area contributed by atoms with Gasteiger partial charge in [0.05, 0.1) is 0 Å². The minimum Gasteiger partial charge on any atom is -0.361 e. The lowest BCUT2D eigenvalue weighted by atomic mass is 10.0. The summed E-state index contributed by atoms with van der Waals surface area (Å²) in [5, 5.41) is 40.9.